The van der Waals surface area contributed by atoms with Crippen LogP contribution in [0.25, 0.3) is 11.4 Å². The third-order valence-electron chi connectivity index (χ3n) is 4.03. The van der Waals surface area contributed by atoms with Gasteiger partial charge in [-0.1, -0.05) is 5.16 Å². The van der Waals surface area contributed by atoms with Crippen LogP contribution >= 0.6 is 0 Å². The fraction of sp³-hybridized carbons (Fsp3) is 0.571. The predicted octanol–water partition coefficient (Wildman–Crippen LogP) is 2.88. The smallest absolute Gasteiger partial charge is 0.230 e. The van der Waals surface area contributed by atoms with Crippen molar-refractivity contribution in [3.8, 4) is 11.4 Å². The van der Waals surface area contributed by atoms with Crippen LogP contribution < -0.4 is 5.32 Å². The SMILES string of the molecule is CNC1CCC(c2nc(-c3ccoc3C)no2)CC1. The van der Waals surface area contributed by atoms with Gasteiger partial charge in [0.2, 0.25) is 11.7 Å². The summed E-state index contributed by atoms with van der Waals surface area (Å²) in [5.74, 6) is 2.63. The zero-order chi connectivity index (χ0) is 13.2. The maximum atomic E-state index is 5.43. The molecule has 2 aromatic rings. The second kappa shape index (κ2) is 5.17. The van der Waals surface area contributed by atoms with E-state index in [4.69, 9.17) is 8.94 Å². The van der Waals surface area contributed by atoms with Crippen LogP contribution in [0, 0.1) is 6.92 Å². The molecule has 102 valence electrons. The van der Waals surface area contributed by atoms with Gasteiger partial charge in [0.1, 0.15) is 5.76 Å². The van der Waals surface area contributed by atoms with Gasteiger partial charge in [0.15, 0.2) is 0 Å². The lowest BCUT2D eigenvalue weighted by Gasteiger charge is -2.25. The van der Waals surface area contributed by atoms with Gasteiger partial charge in [-0.3, -0.25) is 0 Å². The first kappa shape index (κ1) is 12.4. The summed E-state index contributed by atoms with van der Waals surface area (Å²) in [5.41, 5.74) is 0.916. The van der Waals surface area contributed by atoms with Crippen molar-refractivity contribution < 1.29 is 8.94 Å². The summed E-state index contributed by atoms with van der Waals surface area (Å²) in [6.45, 7) is 1.91. The van der Waals surface area contributed by atoms with Gasteiger partial charge >= 0.3 is 0 Å². The van der Waals surface area contributed by atoms with Gasteiger partial charge in [0.05, 0.1) is 11.8 Å². The van der Waals surface area contributed by atoms with E-state index in [1.807, 2.05) is 20.0 Å². The molecule has 0 saturated heterocycles. The molecule has 2 heterocycles. The summed E-state index contributed by atoms with van der Waals surface area (Å²) in [5, 5.41) is 7.40. The van der Waals surface area contributed by atoms with Crippen molar-refractivity contribution in [3.05, 3.63) is 24.0 Å². The molecule has 1 saturated carbocycles. The van der Waals surface area contributed by atoms with E-state index in [2.05, 4.69) is 15.5 Å². The lowest BCUT2D eigenvalue weighted by molar-refractivity contribution is 0.288. The number of nitrogens with one attached hydrogen (secondary N) is 1. The summed E-state index contributed by atoms with van der Waals surface area (Å²) in [7, 11) is 2.03. The molecule has 1 fully saturated rings. The lowest BCUT2D eigenvalue weighted by Crippen LogP contribution is -2.29. The van der Waals surface area contributed by atoms with Gasteiger partial charge in [0.25, 0.3) is 0 Å². The topological polar surface area (TPSA) is 64.1 Å². The van der Waals surface area contributed by atoms with E-state index in [1.165, 1.54) is 12.8 Å². The van der Waals surface area contributed by atoms with Gasteiger partial charge in [0, 0.05) is 12.0 Å². The Bertz CT molecular complexity index is 538. The molecule has 0 amide bonds. The van der Waals surface area contributed by atoms with Crippen LogP contribution in [0.4, 0.5) is 0 Å². The number of aryl methyl sites for hydroxylation is 1. The predicted molar refractivity (Wildman–Crippen MR) is 70.8 cm³/mol. The lowest BCUT2D eigenvalue weighted by atomic mass is 9.86. The van der Waals surface area contributed by atoms with Crippen LogP contribution in [-0.2, 0) is 0 Å². The minimum absolute atomic E-state index is 0.401. The fourth-order valence-electron chi connectivity index (χ4n) is 2.76. The van der Waals surface area contributed by atoms with E-state index >= 15 is 0 Å². The zero-order valence-corrected chi connectivity index (χ0v) is 11.3. The molecule has 0 bridgehead atoms. The highest BCUT2D eigenvalue weighted by Crippen LogP contribution is 2.33. The van der Waals surface area contributed by atoms with Crippen molar-refractivity contribution in [2.24, 2.45) is 0 Å². The molecule has 5 nitrogen and oxygen atoms in total. The van der Waals surface area contributed by atoms with E-state index < -0.39 is 0 Å². The molecule has 2 aromatic heterocycles. The molecule has 0 aromatic carbocycles. The van der Waals surface area contributed by atoms with Crippen molar-refractivity contribution in [1.82, 2.24) is 15.5 Å². The van der Waals surface area contributed by atoms with Crippen molar-refractivity contribution in [2.75, 3.05) is 7.05 Å². The summed E-state index contributed by atoms with van der Waals surface area (Å²) >= 11 is 0. The van der Waals surface area contributed by atoms with Gasteiger partial charge in [-0.2, -0.15) is 4.98 Å². The highest BCUT2D eigenvalue weighted by Gasteiger charge is 2.26. The molecule has 0 radical (unpaired) electrons. The van der Waals surface area contributed by atoms with Gasteiger partial charge in [-0.05, 0) is 45.7 Å². The molecule has 1 N–H and O–H groups in total. The van der Waals surface area contributed by atoms with Crippen LogP contribution in [0.2, 0.25) is 0 Å². The highest BCUT2D eigenvalue weighted by molar-refractivity contribution is 5.56. The Morgan fingerprint density at radius 2 is 2.05 bits per heavy atom. The molecule has 1 aliphatic rings. The largest absolute Gasteiger partial charge is 0.469 e. The Morgan fingerprint density at radius 1 is 1.26 bits per heavy atom. The maximum Gasteiger partial charge on any atom is 0.230 e. The van der Waals surface area contributed by atoms with Crippen LogP contribution in [0.5, 0.6) is 0 Å². The average Bonchev–Trinajstić information content (AvgIpc) is 3.07. The third kappa shape index (κ3) is 2.42. The van der Waals surface area contributed by atoms with Gasteiger partial charge < -0.3 is 14.3 Å². The molecule has 0 atom stereocenters. The molecule has 0 unspecified atom stereocenters. The minimum atomic E-state index is 0.401. The Kier molecular flexibility index (Phi) is 3.38. The van der Waals surface area contributed by atoms with Gasteiger partial charge in [-0.15, -0.1) is 0 Å². The van der Waals surface area contributed by atoms with Gasteiger partial charge in [-0.25, -0.2) is 0 Å². The van der Waals surface area contributed by atoms with E-state index in [1.54, 1.807) is 6.26 Å². The molecule has 5 heteroatoms. The zero-order valence-electron chi connectivity index (χ0n) is 11.3. The molecule has 19 heavy (non-hydrogen) atoms. The second-order valence-electron chi connectivity index (χ2n) is 5.18. The monoisotopic (exact) mass is 261 g/mol. The van der Waals surface area contributed by atoms with Crippen molar-refractivity contribution in [3.63, 3.8) is 0 Å². The normalized spacial score (nSPS) is 23.7. The molecule has 0 aliphatic heterocycles. The van der Waals surface area contributed by atoms with E-state index in [0.29, 0.717) is 17.8 Å². The Hall–Kier alpha value is -1.62. The standard InChI is InChI=1S/C14H19N3O2/c1-9-12(7-8-18-9)13-16-14(19-17-13)10-3-5-11(15-2)6-4-10/h7-8,10-11,15H,3-6H2,1-2H3. The number of hydrogen-bond donors (Lipinski definition) is 1. The van der Waals surface area contributed by atoms with Crippen LogP contribution in [0.3, 0.4) is 0 Å². The van der Waals surface area contributed by atoms with Crippen LogP contribution in [-0.4, -0.2) is 23.2 Å². The van der Waals surface area contributed by atoms with Crippen LogP contribution in [0.1, 0.15) is 43.3 Å². The van der Waals surface area contributed by atoms with Crippen molar-refractivity contribution in [2.45, 2.75) is 44.6 Å². The number of hydrogen-bond acceptors (Lipinski definition) is 5. The first-order valence-electron chi connectivity index (χ1n) is 6.83. The van der Waals surface area contributed by atoms with E-state index in [0.717, 1.165) is 30.1 Å². The quantitative estimate of drug-likeness (QED) is 0.920. The molecule has 0 spiro atoms. The highest BCUT2D eigenvalue weighted by atomic mass is 16.5. The first-order chi connectivity index (χ1) is 9.28. The number of nitrogens with zero attached hydrogens (tertiary/aromatic N) is 2. The second-order valence-corrected chi connectivity index (χ2v) is 5.18. The van der Waals surface area contributed by atoms with Crippen molar-refractivity contribution >= 4 is 0 Å². The summed E-state index contributed by atoms with van der Waals surface area (Å²) in [6.07, 6.45) is 6.21. The van der Waals surface area contributed by atoms with E-state index in [-0.39, 0.29) is 0 Å². The number of furan rings is 1. The first-order valence-corrected chi connectivity index (χ1v) is 6.83. The average molecular weight is 261 g/mol. The van der Waals surface area contributed by atoms with E-state index in [9.17, 15) is 0 Å². The Morgan fingerprint density at radius 3 is 2.68 bits per heavy atom. The summed E-state index contributed by atoms with van der Waals surface area (Å²) in [6, 6.07) is 2.51. The molecule has 1 aliphatic carbocycles. The maximum absolute atomic E-state index is 5.43. The molecular formula is C14H19N3O2. The number of aromatic nitrogens is 2. The number of rotatable bonds is 3. The Balaban J connectivity index is 1.74. The minimum Gasteiger partial charge on any atom is -0.469 e. The summed E-state index contributed by atoms with van der Waals surface area (Å²) < 4.78 is 10.7. The van der Waals surface area contributed by atoms with Crippen molar-refractivity contribution in [1.29, 1.82) is 0 Å². The molecular weight excluding hydrogens is 242 g/mol. The molecule has 3 rings (SSSR count). The van der Waals surface area contributed by atoms with Crippen LogP contribution in [0.15, 0.2) is 21.3 Å². The third-order valence-corrected chi connectivity index (χ3v) is 4.03. The fourth-order valence-corrected chi connectivity index (χ4v) is 2.76. The Labute approximate surface area is 112 Å². The summed E-state index contributed by atoms with van der Waals surface area (Å²) in [4.78, 5) is 4.53.